The van der Waals surface area contributed by atoms with Gasteiger partial charge in [0.05, 0.1) is 6.04 Å². The third-order valence-corrected chi connectivity index (χ3v) is 3.59. The van der Waals surface area contributed by atoms with Crippen LogP contribution < -0.4 is 10.6 Å². The minimum Gasteiger partial charge on any atom is -0.437 e. The first kappa shape index (κ1) is 13.8. The van der Waals surface area contributed by atoms with Gasteiger partial charge in [0, 0.05) is 18.8 Å². The predicted molar refractivity (Wildman–Crippen MR) is 73.5 cm³/mol. The van der Waals surface area contributed by atoms with Gasteiger partial charge in [-0.25, -0.2) is 9.69 Å². The van der Waals surface area contributed by atoms with Crippen molar-refractivity contribution in [1.29, 1.82) is 0 Å². The molecule has 1 aliphatic rings. The van der Waals surface area contributed by atoms with Gasteiger partial charge < -0.3 is 9.83 Å². The van der Waals surface area contributed by atoms with E-state index in [1.165, 1.54) is 9.69 Å². The Morgan fingerprint density at radius 2 is 2.26 bits per heavy atom. The third-order valence-electron chi connectivity index (χ3n) is 3.59. The molecule has 0 spiro atoms. The number of pyridine rings is 1. The zero-order valence-corrected chi connectivity index (χ0v) is 11.4. The highest BCUT2D eigenvalue weighted by Crippen LogP contribution is 2.19. The Hall–Kier alpha value is -1.60. The first-order valence-corrected chi connectivity index (χ1v) is 6.33. The SMILES string of the molecule is CB(O)N1CCC1C(=O)N(C)n1cccc(C)c1=O. The number of rotatable bonds is 3. The largest absolute Gasteiger partial charge is 0.437 e. The Kier molecular flexibility index (Phi) is 3.77. The minimum absolute atomic E-state index is 0.181. The molecule has 1 atom stereocenters. The van der Waals surface area contributed by atoms with Crippen LogP contribution in [0.2, 0.25) is 6.82 Å². The summed E-state index contributed by atoms with van der Waals surface area (Å²) in [5, 5.41) is 10.8. The molecule has 19 heavy (non-hydrogen) atoms. The molecular weight excluding hydrogens is 245 g/mol. The second-order valence-electron chi connectivity index (χ2n) is 4.88. The topological polar surface area (TPSA) is 65.8 Å². The maximum Gasteiger partial charge on any atom is 0.377 e. The molecule has 102 valence electrons. The summed E-state index contributed by atoms with van der Waals surface area (Å²) < 4.78 is 1.30. The molecule has 1 aromatic heterocycles. The quantitative estimate of drug-likeness (QED) is 0.742. The number of amides is 1. The predicted octanol–water partition coefficient (Wildman–Crippen LogP) is -0.564. The number of aryl methyl sites for hydroxylation is 1. The van der Waals surface area contributed by atoms with E-state index in [-0.39, 0.29) is 17.5 Å². The average Bonchev–Trinajstić information content (AvgIpc) is 2.29. The monoisotopic (exact) mass is 263 g/mol. The number of hydrogen-bond donors (Lipinski definition) is 1. The Morgan fingerprint density at radius 3 is 2.79 bits per heavy atom. The van der Waals surface area contributed by atoms with Gasteiger partial charge in [0.2, 0.25) is 0 Å². The molecule has 0 radical (unpaired) electrons. The van der Waals surface area contributed by atoms with E-state index in [9.17, 15) is 14.6 Å². The third kappa shape index (κ3) is 2.43. The summed E-state index contributed by atoms with van der Waals surface area (Å²) in [5.41, 5.74) is 0.379. The molecule has 0 aliphatic carbocycles. The summed E-state index contributed by atoms with van der Waals surface area (Å²) in [5.74, 6) is -0.181. The van der Waals surface area contributed by atoms with Crippen molar-refractivity contribution >= 4 is 13.0 Å². The number of aromatic nitrogens is 1. The molecule has 1 fully saturated rings. The minimum atomic E-state index is -0.648. The maximum atomic E-state index is 12.3. The summed E-state index contributed by atoms with van der Waals surface area (Å²) in [6.45, 7) is 4.05. The van der Waals surface area contributed by atoms with Gasteiger partial charge >= 0.3 is 7.05 Å². The smallest absolute Gasteiger partial charge is 0.377 e. The fraction of sp³-hybridized carbons (Fsp3) is 0.500. The molecule has 2 rings (SSSR count). The van der Waals surface area contributed by atoms with Gasteiger partial charge in [0.15, 0.2) is 0 Å². The lowest BCUT2D eigenvalue weighted by atomic mass is 9.77. The van der Waals surface area contributed by atoms with Crippen molar-refractivity contribution in [3.63, 3.8) is 0 Å². The second kappa shape index (κ2) is 5.18. The highest BCUT2D eigenvalue weighted by atomic mass is 16.2. The van der Waals surface area contributed by atoms with Gasteiger partial charge in [-0.05, 0) is 32.8 Å². The van der Waals surface area contributed by atoms with Crippen molar-refractivity contribution in [2.24, 2.45) is 0 Å². The van der Waals surface area contributed by atoms with Crippen LogP contribution in [0.5, 0.6) is 0 Å². The maximum absolute atomic E-state index is 12.3. The summed E-state index contributed by atoms with van der Waals surface area (Å²) in [6.07, 6.45) is 2.27. The van der Waals surface area contributed by atoms with Crippen LogP contribution in [-0.2, 0) is 4.79 Å². The van der Waals surface area contributed by atoms with Crippen LogP contribution in [0.4, 0.5) is 0 Å². The first-order chi connectivity index (χ1) is 8.93. The van der Waals surface area contributed by atoms with Crippen molar-refractivity contribution in [2.45, 2.75) is 26.2 Å². The van der Waals surface area contributed by atoms with E-state index in [0.717, 1.165) is 0 Å². The molecule has 1 amide bonds. The molecule has 1 aliphatic heterocycles. The van der Waals surface area contributed by atoms with Crippen LogP contribution in [0.15, 0.2) is 23.1 Å². The van der Waals surface area contributed by atoms with Crippen molar-refractivity contribution < 1.29 is 9.82 Å². The van der Waals surface area contributed by atoms with Crippen molar-refractivity contribution in [2.75, 3.05) is 18.6 Å². The standard InChI is InChI=1S/C12H18BN3O3/c1-9-5-4-7-16(11(9)17)14(3)12(18)10-6-8-15(10)13(2)19/h4-5,7,10,19H,6,8H2,1-3H3. The molecular formula is C12H18BN3O3. The normalized spacial score (nSPS) is 18.8. The van der Waals surface area contributed by atoms with Gasteiger partial charge in [-0.2, -0.15) is 0 Å². The van der Waals surface area contributed by atoms with E-state index in [1.807, 2.05) is 0 Å². The molecule has 0 aromatic carbocycles. The van der Waals surface area contributed by atoms with Gasteiger partial charge in [-0.1, -0.05) is 6.07 Å². The lowest BCUT2D eigenvalue weighted by molar-refractivity contribution is -0.126. The Bertz CT molecular complexity index is 543. The van der Waals surface area contributed by atoms with Crippen molar-refractivity contribution in [3.05, 3.63) is 34.2 Å². The Morgan fingerprint density at radius 1 is 1.58 bits per heavy atom. The van der Waals surface area contributed by atoms with E-state index in [2.05, 4.69) is 0 Å². The summed E-state index contributed by atoms with van der Waals surface area (Å²) in [6, 6.07) is 3.09. The van der Waals surface area contributed by atoms with E-state index >= 15 is 0 Å². The highest BCUT2D eigenvalue weighted by molar-refractivity contribution is 6.46. The summed E-state index contributed by atoms with van der Waals surface area (Å²) >= 11 is 0. The lowest BCUT2D eigenvalue weighted by Crippen LogP contribution is -2.63. The highest BCUT2D eigenvalue weighted by Gasteiger charge is 2.40. The van der Waals surface area contributed by atoms with Crippen LogP contribution in [0.25, 0.3) is 0 Å². The summed E-state index contributed by atoms with van der Waals surface area (Å²) in [4.78, 5) is 26.0. The molecule has 2 heterocycles. The van der Waals surface area contributed by atoms with Gasteiger partial charge in [-0.15, -0.1) is 0 Å². The van der Waals surface area contributed by atoms with Gasteiger partial charge in [0.25, 0.3) is 11.5 Å². The van der Waals surface area contributed by atoms with Crippen molar-refractivity contribution in [3.8, 4) is 0 Å². The number of carbonyl (C=O) groups is 1. The van der Waals surface area contributed by atoms with Crippen LogP contribution >= 0.6 is 0 Å². The van der Waals surface area contributed by atoms with E-state index < -0.39 is 7.05 Å². The second-order valence-corrected chi connectivity index (χ2v) is 4.88. The molecule has 0 bridgehead atoms. The van der Waals surface area contributed by atoms with E-state index in [4.69, 9.17) is 0 Å². The molecule has 1 unspecified atom stereocenters. The van der Waals surface area contributed by atoms with E-state index in [1.54, 1.807) is 43.9 Å². The number of likely N-dealkylation sites (N-methyl/N-ethyl adjacent to an activating group) is 1. The lowest BCUT2D eigenvalue weighted by Gasteiger charge is -2.42. The van der Waals surface area contributed by atoms with Gasteiger partial charge in [0.1, 0.15) is 0 Å². The molecule has 1 saturated heterocycles. The molecule has 1 aromatic rings. The van der Waals surface area contributed by atoms with Crippen molar-refractivity contribution in [1.82, 2.24) is 9.49 Å². The Labute approximate surface area is 112 Å². The zero-order chi connectivity index (χ0) is 14.2. The summed E-state index contributed by atoms with van der Waals surface area (Å²) in [7, 11) is 0.923. The number of carbonyl (C=O) groups excluding carboxylic acids is 1. The van der Waals surface area contributed by atoms with Gasteiger partial charge in [-0.3, -0.25) is 9.59 Å². The van der Waals surface area contributed by atoms with Crippen LogP contribution in [0.1, 0.15) is 12.0 Å². The Balaban J connectivity index is 2.20. The zero-order valence-electron chi connectivity index (χ0n) is 11.4. The molecule has 0 saturated carbocycles. The average molecular weight is 263 g/mol. The number of nitrogens with zero attached hydrogens (tertiary/aromatic N) is 3. The molecule has 7 heteroatoms. The first-order valence-electron chi connectivity index (χ1n) is 6.33. The van der Waals surface area contributed by atoms with Crippen LogP contribution in [0, 0.1) is 6.92 Å². The molecule has 1 N–H and O–H groups in total. The fourth-order valence-corrected chi connectivity index (χ4v) is 2.27. The van der Waals surface area contributed by atoms with Crippen LogP contribution in [-0.4, -0.2) is 47.1 Å². The van der Waals surface area contributed by atoms with Crippen LogP contribution in [0.3, 0.4) is 0 Å². The molecule has 6 nitrogen and oxygen atoms in total. The number of hydrogen-bond acceptors (Lipinski definition) is 4. The fourth-order valence-electron chi connectivity index (χ4n) is 2.27. The van der Waals surface area contributed by atoms with E-state index in [0.29, 0.717) is 18.5 Å².